The van der Waals surface area contributed by atoms with Gasteiger partial charge in [-0.2, -0.15) is 0 Å². The van der Waals surface area contributed by atoms with Gasteiger partial charge in [-0.1, -0.05) is 6.92 Å². The van der Waals surface area contributed by atoms with Crippen LogP contribution in [0.2, 0.25) is 0 Å². The third-order valence-corrected chi connectivity index (χ3v) is 6.41. The van der Waals surface area contributed by atoms with E-state index in [-0.39, 0.29) is 23.6 Å². The molecule has 0 aromatic heterocycles. The van der Waals surface area contributed by atoms with Crippen molar-refractivity contribution in [1.29, 1.82) is 0 Å². The van der Waals surface area contributed by atoms with Crippen LogP contribution in [0, 0.1) is 11.8 Å². The lowest BCUT2D eigenvalue weighted by Gasteiger charge is -2.30. The first-order chi connectivity index (χ1) is 9.41. The van der Waals surface area contributed by atoms with Crippen LogP contribution in [0.3, 0.4) is 0 Å². The molecule has 0 bridgehead atoms. The lowest BCUT2D eigenvalue weighted by Crippen LogP contribution is -2.47. The number of amides is 1. The Morgan fingerprint density at radius 2 is 2.10 bits per heavy atom. The summed E-state index contributed by atoms with van der Waals surface area (Å²) in [5.41, 5.74) is 0. The lowest BCUT2D eigenvalue weighted by molar-refractivity contribution is -0.133. The van der Waals surface area contributed by atoms with Crippen molar-refractivity contribution < 1.29 is 13.2 Å². The summed E-state index contributed by atoms with van der Waals surface area (Å²) in [4.78, 5) is 14.4. The molecule has 2 aliphatic heterocycles. The van der Waals surface area contributed by atoms with E-state index in [4.69, 9.17) is 0 Å². The van der Waals surface area contributed by atoms with Crippen LogP contribution in [-0.4, -0.2) is 56.9 Å². The molecule has 2 rings (SSSR count). The molecule has 1 N–H and O–H groups in total. The van der Waals surface area contributed by atoms with Crippen molar-refractivity contribution in [2.75, 3.05) is 31.6 Å². The van der Waals surface area contributed by atoms with Crippen LogP contribution in [0.5, 0.6) is 0 Å². The first-order valence-electron chi connectivity index (χ1n) is 7.58. The Balaban J connectivity index is 2.01. The average Bonchev–Trinajstić information content (AvgIpc) is 2.50. The number of carbonyl (C=O) groups excluding carboxylic acids is 1. The quantitative estimate of drug-likeness (QED) is 0.831. The molecular formula is C14H26N2O3S. The van der Waals surface area contributed by atoms with Crippen LogP contribution in [0.25, 0.3) is 0 Å². The van der Waals surface area contributed by atoms with E-state index in [0.717, 1.165) is 32.2 Å². The smallest absolute Gasteiger partial charge is 0.239 e. The number of sulfone groups is 1. The van der Waals surface area contributed by atoms with Crippen molar-refractivity contribution in [2.45, 2.75) is 38.6 Å². The van der Waals surface area contributed by atoms with Gasteiger partial charge in [0.25, 0.3) is 0 Å². The van der Waals surface area contributed by atoms with Gasteiger partial charge in [-0.3, -0.25) is 4.79 Å². The van der Waals surface area contributed by atoms with E-state index < -0.39 is 9.84 Å². The number of carbonyl (C=O) groups is 1. The highest BCUT2D eigenvalue weighted by molar-refractivity contribution is 7.91. The molecule has 1 amide bonds. The molecule has 0 saturated carbocycles. The van der Waals surface area contributed by atoms with E-state index in [0.29, 0.717) is 18.2 Å². The molecule has 2 heterocycles. The summed E-state index contributed by atoms with van der Waals surface area (Å²) in [7, 11) is -1.07. The van der Waals surface area contributed by atoms with Gasteiger partial charge < -0.3 is 10.2 Å². The lowest BCUT2D eigenvalue weighted by atomic mass is 10.0. The van der Waals surface area contributed by atoms with Gasteiger partial charge in [0, 0.05) is 13.1 Å². The Labute approximate surface area is 122 Å². The van der Waals surface area contributed by atoms with E-state index in [1.54, 1.807) is 0 Å². The molecule has 2 fully saturated rings. The number of nitrogens with one attached hydrogen (secondary N) is 1. The zero-order valence-corrected chi connectivity index (χ0v) is 13.3. The van der Waals surface area contributed by atoms with Gasteiger partial charge >= 0.3 is 0 Å². The van der Waals surface area contributed by atoms with E-state index in [1.165, 1.54) is 0 Å². The largest absolute Gasteiger partial charge is 0.341 e. The third kappa shape index (κ3) is 3.95. The number of rotatable bonds is 3. The molecule has 0 aromatic rings. The highest BCUT2D eigenvalue weighted by Gasteiger charge is 2.32. The van der Waals surface area contributed by atoms with Crippen LogP contribution in [0.4, 0.5) is 0 Å². The first kappa shape index (κ1) is 15.8. The first-order valence-corrected chi connectivity index (χ1v) is 9.40. The predicted molar refractivity (Wildman–Crippen MR) is 79.2 cm³/mol. The highest BCUT2D eigenvalue weighted by Crippen LogP contribution is 2.23. The fourth-order valence-electron chi connectivity index (χ4n) is 3.32. The Hall–Kier alpha value is -0.620. The van der Waals surface area contributed by atoms with Gasteiger partial charge in [-0.05, 0) is 44.6 Å². The molecule has 20 heavy (non-hydrogen) atoms. The second-order valence-corrected chi connectivity index (χ2v) is 8.61. The summed E-state index contributed by atoms with van der Waals surface area (Å²) < 4.78 is 23.4. The van der Waals surface area contributed by atoms with E-state index in [1.807, 2.05) is 11.9 Å². The van der Waals surface area contributed by atoms with Crippen molar-refractivity contribution in [3.8, 4) is 0 Å². The highest BCUT2D eigenvalue weighted by atomic mass is 32.2. The van der Waals surface area contributed by atoms with Crippen molar-refractivity contribution in [3.63, 3.8) is 0 Å². The maximum absolute atomic E-state index is 12.5. The minimum Gasteiger partial charge on any atom is -0.341 e. The van der Waals surface area contributed by atoms with Gasteiger partial charge in [0.1, 0.15) is 0 Å². The summed E-state index contributed by atoms with van der Waals surface area (Å²) in [6, 6.07) is -0.118. The molecule has 3 atom stereocenters. The Bertz CT molecular complexity index is 449. The molecule has 0 aromatic carbocycles. The Morgan fingerprint density at radius 1 is 1.35 bits per heavy atom. The molecule has 0 radical (unpaired) electrons. The number of hydrogen-bond donors (Lipinski definition) is 1. The molecule has 2 saturated heterocycles. The molecule has 6 heteroatoms. The second-order valence-electron chi connectivity index (χ2n) is 6.38. The number of likely N-dealkylation sites (N-methyl/N-ethyl adjacent to an activating group) is 1. The molecule has 0 aliphatic carbocycles. The minimum absolute atomic E-state index is 0.114. The van der Waals surface area contributed by atoms with E-state index >= 15 is 0 Å². The Morgan fingerprint density at radius 3 is 2.75 bits per heavy atom. The number of hydrogen-bond acceptors (Lipinski definition) is 4. The van der Waals surface area contributed by atoms with Crippen molar-refractivity contribution in [1.82, 2.24) is 10.2 Å². The Kier molecular flexibility index (Phi) is 5.07. The summed E-state index contributed by atoms with van der Waals surface area (Å²) in [6.45, 7) is 3.53. The maximum atomic E-state index is 12.5. The van der Waals surface area contributed by atoms with Gasteiger partial charge in [0.05, 0.1) is 17.5 Å². The van der Waals surface area contributed by atoms with Gasteiger partial charge in [0.15, 0.2) is 9.84 Å². The normalized spacial score (nSPS) is 34.8. The van der Waals surface area contributed by atoms with Crippen LogP contribution < -0.4 is 5.32 Å². The maximum Gasteiger partial charge on any atom is 0.239 e. The van der Waals surface area contributed by atoms with Crippen LogP contribution >= 0.6 is 0 Å². The molecular weight excluding hydrogens is 276 g/mol. The molecule has 3 unspecified atom stereocenters. The monoisotopic (exact) mass is 302 g/mol. The van der Waals surface area contributed by atoms with Crippen molar-refractivity contribution >= 4 is 15.7 Å². The van der Waals surface area contributed by atoms with Crippen molar-refractivity contribution in [3.05, 3.63) is 0 Å². The summed E-state index contributed by atoms with van der Waals surface area (Å²) >= 11 is 0. The fraction of sp³-hybridized carbons (Fsp3) is 0.929. The van der Waals surface area contributed by atoms with Gasteiger partial charge in [-0.15, -0.1) is 0 Å². The van der Waals surface area contributed by atoms with E-state index in [9.17, 15) is 13.2 Å². The van der Waals surface area contributed by atoms with Crippen molar-refractivity contribution in [2.24, 2.45) is 11.8 Å². The van der Waals surface area contributed by atoms with Gasteiger partial charge in [0.2, 0.25) is 5.91 Å². The van der Waals surface area contributed by atoms with Crippen LogP contribution in [0.15, 0.2) is 0 Å². The van der Waals surface area contributed by atoms with Gasteiger partial charge in [-0.25, -0.2) is 8.42 Å². The standard InChI is InChI=1S/C14H26N2O3S/c1-11-5-6-16(14(17)13(8-11)15-2)9-12-4-3-7-20(18,19)10-12/h11-13,15H,3-10H2,1-2H3. The minimum atomic E-state index is -2.89. The zero-order valence-electron chi connectivity index (χ0n) is 12.5. The third-order valence-electron chi connectivity index (χ3n) is 4.52. The number of nitrogens with zero attached hydrogens (tertiary/aromatic N) is 1. The van der Waals surface area contributed by atoms with Crippen LogP contribution in [-0.2, 0) is 14.6 Å². The number of likely N-dealkylation sites (tertiary alicyclic amines) is 1. The SMILES string of the molecule is CNC1CC(C)CCN(CC2CCCS(=O)(=O)C2)C1=O. The molecule has 0 spiro atoms. The average molecular weight is 302 g/mol. The van der Waals surface area contributed by atoms with Crippen LogP contribution in [0.1, 0.15) is 32.6 Å². The predicted octanol–water partition coefficient (Wildman–Crippen LogP) is 0.658. The molecule has 116 valence electrons. The molecule has 2 aliphatic rings. The molecule has 5 nitrogen and oxygen atoms in total. The van der Waals surface area contributed by atoms with E-state index in [2.05, 4.69) is 12.2 Å². The summed E-state index contributed by atoms with van der Waals surface area (Å²) in [5.74, 6) is 1.34. The topological polar surface area (TPSA) is 66.5 Å². The summed E-state index contributed by atoms with van der Waals surface area (Å²) in [5, 5.41) is 3.10. The fourth-order valence-corrected chi connectivity index (χ4v) is 5.09. The summed E-state index contributed by atoms with van der Waals surface area (Å²) in [6.07, 6.45) is 3.53. The second kappa shape index (κ2) is 6.43. The zero-order chi connectivity index (χ0) is 14.8.